The number of nitrogens with zero attached hydrogens (tertiary/aromatic N) is 5. The first-order chi connectivity index (χ1) is 17.7. The van der Waals surface area contributed by atoms with Crippen molar-refractivity contribution < 1.29 is 9.13 Å². The maximum Gasteiger partial charge on any atom is 0.158 e. The van der Waals surface area contributed by atoms with Gasteiger partial charge in [-0.05, 0) is 36.4 Å². The Balaban J connectivity index is 1.38. The molecule has 36 heavy (non-hydrogen) atoms. The monoisotopic (exact) mass is 479 g/mol. The predicted molar refractivity (Wildman–Crippen MR) is 141 cm³/mol. The summed E-state index contributed by atoms with van der Waals surface area (Å²) in [5, 5.41) is 4.96. The first kappa shape index (κ1) is 22.1. The topological polar surface area (TPSA) is 45.9 Å². The number of fused-ring (bicyclic) bond motifs is 1. The van der Waals surface area contributed by atoms with E-state index in [0.717, 1.165) is 71.6 Å². The molecule has 0 unspecified atom stereocenters. The van der Waals surface area contributed by atoms with E-state index < -0.39 is 0 Å². The van der Waals surface area contributed by atoms with Crippen LogP contribution in [0, 0.1) is 5.82 Å². The number of halogens is 1. The van der Waals surface area contributed by atoms with E-state index in [1.165, 1.54) is 12.1 Å². The molecule has 180 valence electrons. The molecule has 7 heteroatoms. The van der Waals surface area contributed by atoms with Crippen molar-refractivity contribution in [3.8, 4) is 28.3 Å². The van der Waals surface area contributed by atoms with Crippen LogP contribution in [-0.4, -0.2) is 47.9 Å². The Morgan fingerprint density at radius 3 is 2.19 bits per heavy atom. The second-order valence-corrected chi connectivity index (χ2v) is 8.85. The zero-order valence-corrected chi connectivity index (χ0v) is 20.0. The highest BCUT2D eigenvalue weighted by Crippen LogP contribution is 2.30. The van der Waals surface area contributed by atoms with Crippen molar-refractivity contribution in [1.29, 1.82) is 0 Å². The van der Waals surface area contributed by atoms with Crippen LogP contribution in [0.5, 0.6) is 5.75 Å². The molecule has 1 aliphatic heterocycles. The van der Waals surface area contributed by atoms with Gasteiger partial charge in [-0.1, -0.05) is 42.5 Å². The van der Waals surface area contributed by atoms with E-state index >= 15 is 0 Å². The van der Waals surface area contributed by atoms with Crippen LogP contribution in [0.4, 0.5) is 15.9 Å². The Morgan fingerprint density at radius 2 is 1.44 bits per heavy atom. The van der Waals surface area contributed by atoms with Crippen molar-refractivity contribution in [2.24, 2.45) is 0 Å². The van der Waals surface area contributed by atoms with E-state index in [2.05, 4.69) is 28.0 Å². The van der Waals surface area contributed by atoms with Gasteiger partial charge in [0.15, 0.2) is 5.65 Å². The zero-order valence-electron chi connectivity index (χ0n) is 20.0. The highest BCUT2D eigenvalue weighted by molar-refractivity contribution is 5.71. The molecule has 0 amide bonds. The molecule has 0 saturated carbocycles. The van der Waals surface area contributed by atoms with E-state index in [-0.39, 0.29) is 5.82 Å². The van der Waals surface area contributed by atoms with Crippen LogP contribution in [0.2, 0.25) is 0 Å². The van der Waals surface area contributed by atoms with Crippen molar-refractivity contribution in [3.63, 3.8) is 0 Å². The quantitative estimate of drug-likeness (QED) is 0.331. The molecule has 0 aliphatic carbocycles. The summed E-state index contributed by atoms with van der Waals surface area (Å²) in [6.45, 7) is 3.30. The first-order valence-corrected chi connectivity index (χ1v) is 12.0. The normalized spacial score (nSPS) is 13.8. The van der Waals surface area contributed by atoms with Crippen LogP contribution >= 0.6 is 0 Å². The van der Waals surface area contributed by atoms with Gasteiger partial charge in [0.1, 0.15) is 17.4 Å². The second kappa shape index (κ2) is 9.34. The summed E-state index contributed by atoms with van der Waals surface area (Å²) >= 11 is 0. The zero-order chi connectivity index (χ0) is 24.5. The van der Waals surface area contributed by atoms with Crippen molar-refractivity contribution >= 4 is 17.2 Å². The lowest BCUT2D eigenvalue weighted by molar-refractivity contribution is 0.415. The number of hydrogen-bond donors (Lipinski definition) is 0. The van der Waals surface area contributed by atoms with E-state index in [1.807, 2.05) is 65.2 Å². The van der Waals surface area contributed by atoms with Crippen LogP contribution in [0.25, 0.3) is 28.2 Å². The van der Waals surface area contributed by atoms with Crippen molar-refractivity contribution in [3.05, 3.63) is 96.8 Å². The van der Waals surface area contributed by atoms with Crippen LogP contribution in [-0.2, 0) is 0 Å². The molecule has 0 radical (unpaired) electrons. The van der Waals surface area contributed by atoms with Gasteiger partial charge >= 0.3 is 0 Å². The molecule has 0 bridgehead atoms. The number of rotatable bonds is 5. The third-order valence-electron chi connectivity index (χ3n) is 6.64. The summed E-state index contributed by atoms with van der Waals surface area (Å²) in [5.74, 6) is 1.59. The van der Waals surface area contributed by atoms with E-state index in [9.17, 15) is 4.39 Å². The third kappa shape index (κ3) is 4.24. The highest BCUT2D eigenvalue weighted by atomic mass is 19.1. The molecule has 6 rings (SSSR count). The molecule has 5 aromatic rings. The fourth-order valence-corrected chi connectivity index (χ4v) is 4.71. The third-order valence-corrected chi connectivity index (χ3v) is 6.64. The molecule has 1 aliphatic rings. The van der Waals surface area contributed by atoms with E-state index in [0.29, 0.717) is 0 Å². The molecule has 1 fully saturated rings. The fourth-order valence-electron chi connectivity index (χ4n) is 4.71. The summed E-state index contributed by atoms with van der Waals surface area (Å²) in [6.07, 6.45) is 0. The minimum atomic E-state index is -0.212. The summed E-state index contributed by atoms with van der Waals surface area (Å²) in [7, 11) is 1.67. The summed E-state index contributed by atoms with van der Waals surface area (Å²) in [4.78, 5) is 9.60. The summed E-state index contributed by atoms with van der Waals surface area (Å²) in [5.41, 5.74) is 5.64. The molecular formula is C29H26FN5O. The summed E-state index contributed by atoms with van der Waals surface area (Å²) in [6, 6.07) is 29.0. The number of aromatic nitrogens is 3. The van der Waals surface area contributed by atoms with Gasteiger partial charge in [-0.3, -0.25) is 0 Å². The van der Waals surface area contributed by atoms with Gasteiger partial charge in [0.25, 0.3) is 0 Å². The Morgan fingerprint density at radius 1 is 0.722 bits per heavy atom. The molecule has 6 nitrogen and oxygen atoms in total. The summed E-state index contributed by atoms with van der Waals surface area (Å²) < 4.78 is 20.7. The number of hydrogen-bond acceptors (Lipinski definition) is 5. The average Bonchev–Trinajstić information content (AvgIpc) is 3.38. The lowest BCUT2D eigenvalue weighted by Gasteiger charge is -2.37. The lowest BCUT2D eigenvalue weighted by atomic mass is 10.1. The molecule has 0 N–H and O–H groups in total. The Bertz CT molecular complexity index is 1490. The van der Waals surface area contributed by atoms with Gasteiger partial charge < -0.3 is 14.5 Å². The molecule has 0 atom stereocenters. The number of anilines is 2. The Labute approximate surface area is 209 Å². The van der Waals surface area contributed by atoms with Crippen LogP contribution in [0.15, 0.2) is 91.0 Å². The second-order valence-electron chi connectivity index (χ2n) is 8.85. The van der Waals surface area contributed by atoms with Gasteiger partial charge in [-0.2, -0.15) is 9.61 Å². The fraction of sp³-hybridized carbons (Fsp3) is 0.172. The molecule has 2 aromatic heterocycles. The largest absolute Gasteiger partial charge is 0.497 e. The smallest absolute Gasteiger partial charge is 0.158 e. The maximum atomic E-state index is 13.4. The minimum Gasteiger partial charge on any atom is -0.497 e. The van der Waals surface area contributed by atoms with Crippen LogP contribution < -0.4 is 14.5 Å². The SMILES string of the molecule is COc1cccc(-c2cc3nc(-c4ccccc4)cc(N4CCN(c5ccc(F)cc5)CC4)n3n2)c1. The van der Waals surface area contributed by atoms with Gasteiger partial charge in [-0.15, -0.1) is 0 Å². The molecule has 0 spiro atoms. The van der Waals surface area contributed by atoms with Gasteiger partial charge in [0.2, 0.25) is 0 Å². The van der Waals surface area contributed by atoms with Crippen molar-refractivity contribution in [2.45, 2.75) is 0 Å². The highest BCUT2D eigenvalue weighted by Gasteiger charge is 2.22. The number of benzene rings is 3. The molecular weight excluding hydrogens is 453 g/mol. The van der Waals surface area contributed by atoms with Gasteiger partial charge in [-0.25, -0.2) is 9.37 Å². The van der Waals surface area contributed by atoms with Crippen molar-refractivity contribution in [2.75, 3.05) is 43.1 Å². The Kier molecular flexibility index (Phi) is 5.73. The Hall–Kier alpha value is -4.39. The van der Waals surface area contributed by atoms with E-state index in [1.54, 1.807) is 7.11 Å². The van der Waals surface area contributed by atoms with Gasteiger partial charge in [0, 0.05) is 55.1 Å². The maximum absolute atomic E-state index is 13.4. The molecule has 1 saturated heterocycles. The number of piperazine rings is 1. The average molecular weight is 480 g/mol. The van der Waals surface area contributed by atoms with Crippen LogP contribution in [0.1, 0.15) is 0 Å². The number of methoxy groups -OCH3 is 1. The molecule has 3 aromatic carbocycles. The minimum absolute atomic E-state index is 0.212. The standard InChI is InChI=1S/C29H26FN5O/c1-36-25-9-5-8-22(18-25)27-19-28-31-26(21-6-3-2-4-7-21)20-29(35(28)32-27)34-16-14-33(15-17-34)24-12-10-23(30)11-13-24/h2-13,18-20H,14-17H2,1H3. The van der Waals surface area contributed by atoms with Crippen LogP contribution in [0.3, 0.4) is 0 Å². The molecule has 3 heterocycles. The van der Waals surface area contributed by atoms with E-state index in [4.69, 9.17) is 14.8 Å². The van der Waals surface area contributed by atoms with Gasteiger partial charge in [0.05, 0.1) is 18.5 Å². The predicted octanol–water partition coefficient (Wildman–Crippen LogP) is 5.54. The number of ether oxygens (including phenoxy) is 1. The lowest BCUT2D eigenvalue weighted by Crippen LogP contribution is -2.47. The first-order valence-electron chi connectivity index (χ1n) is 12.0. The van der Waals surface area contributed by atoms with Crippen molar-refractivity contribution in [1.82, 2.24) is 14.6 Å².